The second kappa shape index (κ2) is 12.1. The smallest absolute Gasteiger partial charge is 0.265 e. The van der Waals surface area contributed by atoms with Gasteiger partial charge in [-0.2, -0.15) is 0 Å². The van der Waals surface area contributed by atoms with Gasteiger partial charge in [0.15, 0.2) is 5.82 Å². The summed E-state index contributed by atoms with van der Waals surface area (Å²) in [7, 11) is 1.55. The molecule has 0 aliphatic carbocycles. The van der Waals surface area contributed by atoms with E-state index in [9.17, 15) is 9.18 Å². The van der Waals surface area contributed by atoms with Crippen molar-refractivity contribution < 1.29 is 18.7 Å². The van der Waals surface area contributed by atoms with Crippen LogP contribution in [0.5, 0.6) is 5.75 Å². The summed E-state index contributed by atoms with van der Waals surface area (Å²) in [4.78, 5) is 27.9. The molecule has 2 heterocycles. The number of methoxy groups -OCH3 is 1. The standard InChI is InChI=1S/C25H28ClFN6O3/c1-16(28-6-7-33-8-10-36-11-9-33)25(34)29-14-17-12-18-21(13-22(17)35-2)30-15-31-24(18)32-20-5-3-4-19(26)23(20)27/h3-5,12-13,15H,6-11,14H2,1-2H3,(H,29,34)(H,30,31,32). The van der Waals surface area contributed by atoms with Crippen LogP contribution in [0, 0.1) is 5.82 Å². The third-order valence-electron chi connectivity index (χ3n) is 5.88. The fourth-order valence-corrected chi connectivity index (χ4v) is 4.02. The first-order chi connectivity index (χ1) is 17.5. The zero-order valence-corrected chi connectivity index (χ0v) is 20.9. The highest BCUT2D eigenvalue weighted by Gasteiger charge is 2.15. The number of rotatable bonds is 9. The predicted octanol–water partition coefficient (Wildman–Crippen LogP) is 3.58. The molecule has 4 rings (SSSR count). The van der Waals surface area contributed by atoms with Gasteiger partial charge in [-0.1, -0.05) is 17.7 Å². The molecule has 0 spiro atoms. The van der Waals surface area contributed by atoms with Gasteiger partial charge < -0.3 is 20.1 Å². The van der Waals surface area contributed by atoms with Gasteiger partial charge in [-0.3, -0.25) is 14.7 Å². The van der Waals surface area contributed by atoms with Crippen LogP contribution in [0.1, 0.15) is 12.5 Å². The van der Waals surface area contributed by atoms with Crippen molar-refractivity contribution in [2.75, 3.05) is 51.8 Å². The summed E-state index contributed by atoms with van der Waals surface area (Å²) in [5, 5.41) is 6.52. The minimum atomic E-state index is -0.574. The normalized spacial score (nSPS) is 14.6. The number of nitrogens with zero attached hydrogens (tertiary/aromatic N) is 4. The van der Waals surface area contributed by atoms with Crippen molar-refractivity contribution in [1.82, 2.24) is 20.2 Å². The Balaban J connectivity index is 1.48. The minimum absolute atomic E-state index is 0.00501. The average molecular weight is 515 g/mol. The van der Waals surface area contributed by atoms with Crippen LogP contribution in [-0.2, 0) is 16.1 Å². The number of hydrogen-bond donors (Lipinski definition) is 2. The van der Waals surface area contributed by atoms with Crippen LogP contribution in [-0.4, -0.2) is 73.0 Å². The van der Waals surface area contributed by atoms with Crippen LogP contribution < -0.4 is 15.4 Å². The first-order valence-corrected chi connectivity index (χ1v) is 12.0. The lowest BCUT2D eigenvalue weighted by Crippen LogP contribution is -2.38. The summed E-state index contributed by atoms with van der Waals surface area (Å²) in [5.74, 6) is 0.124. The van der Waals surface area contributed by atoms with E-state index >= 15 is 0 Å². The Morgan fingerprint density at radius 1 is 1.28 bits per heavy atom. The van der Waals surface area contributed by atoms with E-state index in [4.69, 9.17) is 21.1 Å². The number of nitrogens with one attached hydrogen (secondary N) is 2. The molecule has 9 nitrogen and oxygen atoms in total. The largest absolute Gasteiger partial charge is 0.496 e. The molecule has 2 N–H and O–H groups in total. The third kappa shape index (κ3) is 6.26. The third-order valence-corrected chi connectivity index (χ3v) is 6.17. The van der Waals surface area contributed by atoms with Gasteiger partial charge in [0.2, 0.25) is 0 Å². The summed E-state index contributed by atoms with van der Waals surface area (Å²) >= 11 is 5.91. The fourth-order valence-electron chi connectivity index (χ4n) is 3.84. The second-order valence-electron chi connectivity index (χ2n) is 8.23. The molecule has 1 aliphatic rings. The molecule has 2 aromatic carbocycles. The quantitative estimate of drug-likeness (QED) is 0.421. The van der Waals surface area contributed by atoms with Crippen LogP contribution >= 0.6 is 11.6 Å². The topological polar surface area (TPSA) is 101 Å². The lowest BCUT2D eigenvalue weighted by Gasteiger charge is -2.25. The molecule has 0 bridgehead atoms. The van der Waals surface area contributed by atoms with Crippen molar-refractivity contribution in [2.24, 2.45) is 4.99 Å². The monoisotopic (exact) mass is 514 g/mol. The molecule has 3 aromatic rings. The summed E-state index contributed by atoms with van der Waals surface area (Å²) in [6, 6.07) is 8.25. The van der Waals surface area contributed by atoms with E-state index in [0.717, 1.165) is 32.8 Å². The molecule has 36 heavy (non-hydrogen) atoms. The summed E-state index contributed by atoms with van der Waals surface area (Å²) < 4.78 is 25.3. The van der Waals surface area contributed by atoms with Gasteiger partial charge in [0.1, 0.15) is 17.9 Å². The second-order valence-corrected chi connectivity index (χ2v) is 8.64. The molecule has 1 aliphatic heterocycles. The van der Waals surface area contributed by atoms with Gasteiger partial charge in [-0.15, -0.1) is 0 Å². The van der Waals surface area contributed by atoms with Gasteiger partial charge in [-0.05, 0) is 25.1 Å². The fraction of sp³-hybridized carbons (Fsp3) is 0.360. The Morgan fingerprint density at radius 2 is 2.08 bits per heavy atom. The Bertz CT molecular complexity index is 1270. The van der Waals surface area contributed by atoms with Gasteiger partial charge in [0.25, 0.3) is 5.91 Å². The molecular weight excluding hydrogens is 487 g/mol. The molecule has 1 aromatic heterocycles. The summed E-state index contributed by atoms with van der Waals surface area (Å²) in [5.41, 5.74) is 1.91. The summed E-state index contributed by atoms with van der Waals surface area (Å²) in [6.07, 6.45) is 1.38. The SMILES string of the molecule is COc1cc2ncnc(Nc3cccc(Cl)c3F)c2cc1CNC(=O)C(C)=NCCN1CCOCC1. The number of anilines is 2. The molecule has 11 heteroatoms. The molecule has 1 fully saturated rings. The number of fused-ring (bicyclic) bond motifs is 1. The van der Waals surface area contributed by atoms with Crippen LogP contribution in [0.25, 0.3) is 10.9 Å². The van der Waals surface area contributed by atoms with Crippen LogP contribution in [0.15, 0.2) is 41.7 Å². The van der Waals surface area contributed by atoms with Crippen molar-refractivity contribution in [3.63, 3.8) is 0 Å². The summed E-state index contributed by atoms with van der Waals surface area (Å²) in [6.45, 7) is 6.45. The van der Waals surface area contributed by atoms with E-state index in [1.165, 1.54) is 12.4 Å². The van der Waals surface area contributed by atoms with Crippen molar-refractivity contribution in [1.29, 1.82) is 0 Å². The number of aromatic nitrogens is 2. The Hall–Kier alpha value is -3.34. The zero-order valence-electron chi connectivity index (χ0n) is 20.2. The van der Waals surface area contributed by atoms with Gasteiger partial charge >= 0.3 is 0 Å². The lowest BCUT2D eigenvalue weighted by molar-refractivity contribution is -0.115. The number of aliphatic imine (C=N–C) groups is 1. The first-order valence-electron chi connectivity index (χ1n) is 11.6. The molecule has 0 saturated carbocycles. The maximum atomic E-state index is 14.4. The van der Waals surface area contributed by atoms with E-state index in [0.29, 0.717) is 40.3 Å². The molecule has 0 radical (unpaired) electrons. The molecule has 1 amide bonds. The van der Waals surface area contributed by atoms with Crippen molar-refractivity contribution >= 4 is 45.6 Å². The van der Waals surface area contributed by atoms with Crippen molar-refractivity contribution in [3.8, 4) is 5.75 Å². The highest BCUT2D eigenvalue weighted by atomic mass is 35.5. The van der Waals surface area contributed by atoms with E-state index in [2.05, 4.69) is 30.5 Å². The number of amides is 1. The van der Waals surface area contributed by atoms with Gasteiger partial charge in [0, 0.05) is 43.2 Å². The van der Waals surface area contributed by atoms with E-state index < -0.39 is 5.82 Å². The van der Waals surface area contributed by atoms with Crippen LogP contribution in [0.2, 0.25) is 5.02 Å². The van der Waals surface area contributed by atoms with E-state index in [-0.39, 0.29) is 23.2 Å². The Morgan fingerprint density at radius 3 is 2.86 bits per heavy atom. The molecule has 190 valence electrons. The van der Waals surface area contributed by atoms with E-state index in [1.54, 1.807) is 32.2 Å². The van der Waals surface area contributed by atoms with E-state index in [1.807, 2.05) is 6.07 Å². The number of carbonyl (C=O) groups excluding carboxylic acids is 1. The number of hydrogen-bond acceptors (Lipinski definition) is 8. The molecule has 1 saturated heterocycles. The maximum Gasteiger partial charge on any atom is 0.265 e. The Kier molecular flexibility index (Phi) is 8.63. The van der Waals surface area contributed by atoms with Gasteiger partial charge in [-0.25, -0.2) is 14.4 Å². The number of benzene rings is 2. The van der Waals surface area contributed by atoms with Crippen molar-refractivity contribution in [3.05, 3.63) is 53.1 Å². The maximum absolute atomic E-state index is 14.4. The van der Waals surface area contributed by atoms with Crippen LogP contribution in [0.4, 0.5) is 15.9 Å². The molecular formula is C25H28ClFN6O3. The highest BCUT2D eigenvalue weighted by molar-refractivity contribution is 6.37. The number of halogens is 2. The highest BCUT2D eigenvalue weighted by Crippen LogP contribution is 2.31. The average Bonchev–Trinajstić information content (AvgIpc) is 2.90. The minimum Gasteiger partial charge on any atom is -0.496 e. The van der Waals surface area contributed by atoms with Crippen molar-refractivity contribution in [2.45, 2.75) is 13.5 Å². The first kappa shape index (κ1) is 25.7. The number of carbonyl (C=O) groups is 1. The number of ether oxygens (including phenoxy) is 2. The number of morpholine rings is 1. The van der Waals surface area contributed by atoms with Crippen LogP contribution in [0.3, 0.4) is 0 Å². The lowest BCUT2D eigenvalue weighted by atomic mass is 10.1. The molecule has 0 unspecified atom stereocenters. The predicted molar refractivity (Wildman–Crippen MR) is 138 cm³/mol. The zero-order chi connectivity index (χ0) is 25.5. The van der Waals surface area contributed by atoms with Gasteiger partial charge in [0.05, 0.1) is 48.8 Å². The molecule has 0 atom stereocenters. The Labute approximate surface area is 213 Å².